The first-order valence-corrected chi connectivity index (χ1v) is 10.2. The van der Waals surface area contributed by atoms with Crippen LogP contribution in [0.3, 0.4) is 0 Å². The van der Waals surface area contributed by atoms with E-state index in [-0.39, 0.29) is 0 Å². The van der Waals surface area contributed by atoms with Gasteiger partial charge in [0.15, 0.2) is 11.6 Å². The van der Waals surface area contributed by atoms with E-state index in [1.165, 1.54) is 21.6 Å². The summed E-state index contributed by atoms with van der Waals surface area (Å²) in [4.78, 5) is 9.09. The maximum absolute atomic E-state index is 4.55. The van der Waals surface area contributed by atoms with Crippen molar-refractivity contribution in [2.24, 2.45) is 0 Å². The van der Waals surface area contributed by atoms with Gasteiger partial charge in [0.05, 0.1) is 0 Å². The van der Waals surface area contributed by atoms with Crippen molar-refractivity contribution < 1.29 is 0 Å². The van der Waals surface area contributed by atoms with E-state index in [0.717, 1.165) is 33.9 Å². The number of hydrogen-bond acceptors (Lipinski definition) is 6. The molecule has 0 bridgehead atoms. The van der Waals surface area contributed by atoms with Gasteiger partial charge >= 0.3 is 0 Å². The highest BCUT2D eigenvalue weighted by Crippen LogP contribution is 2.35. The highest BCUT2D eigenvalue weighted by molar-refractivity contribution is 8.76. The van der Waals surface area contributed by atoms with Crippen LogP contribution in [0.5, 0.6) is 0 Å². The lowest BCUT2D eigenvalue weighted by atomic mass is 10.1. The number of H-pyrrole nitrogens is 2. The van der Waals surface area contributed by atoms with E-state index in [1.807, 2.05) is 36.4 Å². The summed E-state index contributed by atoms with van der Waals surface area (Å²) in [6, 6.07) is 16.2. The van der Waals surface area contributed by atoms with Crippen molar-refractivity contribution in [1.29, 1.82) is 0 Å². The Balaban J connectivity index is 1.46. The van der Waals surface area contributed by atoms with Gasteiger partial charge in [-0.2, -0.15) is 0 Å². The normalized spacial score (nSPS) is 11.0. The molecule has 0 aliphatic heterocycles. The fraction of sp³-hybridized carbons (Fsp3) is 0.111. The summed E-state index contributed by atoms with van der Waals surface area (Å²) < 4.78 is 0. The van der Waals surface area contributed by atoms with Crippen molar-refractivity contribution in [1.82, 2.24) is 30.4 Å². The van der Waals surface area contributed by atoms with Gasteiger partial charge in [-0.1, -0.05) is 48.5 Å². The molecule has 2 N–H and O–H groups in total. The highest BCUT2D eigenvalue weighted by atomic mass is 33.1. The summed E-state index contributed by atoms with van der Waals surface area (Å²) in [6.45, 7) is 4.11. The van der Waals surface area contributed by atoms with Crippen molar-refractivity contribution >= 4 is 21.6 Å². The molecule has 4 aromatic rings. The van der Waals surface area contributed by atoms with E-state index in [9.17, 15) is 0 Å². The molecule has 2 aromatic carbocycles. The Morgan fingerprint density at radius 3 is 1.50 bits per heavy atom. The molecule has 0 atom stereocenters. The number of nitrogens with one attached hydrogen (secondary N) is 2. The van der Waals surface area contributed by atoms with Gasteiger partial charge in [0.1, 0.15) is 0 Å². The van der Waals surface area contributed by atoms with Gasteiger partial charge in [-0.25, -0.2) is 9.97 Å². The number of aryl methyl sites for hydroxylation is 2. The summed E-state index contributed by atoms with van der Waals surface area (Å²) in [5.74, 6) is 1.53. The number of aromatic amines is 2. The third-order valence-electron chi connectivity index (χ3n) is 3.92. The smallest absolute Gasteiger partial charge is 0.219 e. The molecule has 0 spiro atoms. The monoisotopic (exact) mass is 380 g/mol. The zero-order valence-electron chi connectivity index (χ0n) is 14.2. The summed E-state index contributed by atoms with van der Waals surface area (Å²) in [7, 11) is 2.85. The van der Waals surface area contributed by atoms with Crippen LogP contribution in [0.1, 0.15) is 11.1 Å². The standard InChI is InChI=1S/C18H16N6S2/c1-11-7-3-5-9-13(11)15-19-17(23-21-15)25-26-18-20-16(22-24-18)14-10-6-4-8-12(14)2/h3-10H,1-2H3,(H,19,21,23)(H,20,22,24). The lowest BCUT2D eigenvalue weighted by Crippen LogP contribution is -1.84. The SMILES string of the molecule is Cc1ccccc1-c1nc(SSc2n[nH]c(-c3ccccc3C)n2)n[nH]1. The molecule has 0 saturated heterocycles. The van der Waals surface area contributed by atoms with Crippen LogP contribution >= 0.6 is 21.6 Å². The second-order valence-corrected chi connectivity index (χ2v) is 7.79. The Morgan fingerprint density at radius 2 is 1.08 bits per heavy atom. The lowest BCUT2D eigenvalue weighted by Gasteiger charge is -1.99. The molecule has 8 heteroatoms. The predicted octanol–water partition coefficient (Wildman–Crippen LogP) is 4.67. The average molecular weight is 381 g/mol. The molecule has 6 nitrogen and oxygen atoms in total. The number of hydrogen-bond donors (Lipinski definition) is 2. The second-order valence-electron chi connectivity index (χ2n) is 5.73. The fourth-order valence-electron chi connectivity index (χ4n) is 2.56. The van der Waals surface area contributed by atoms with Gasteiger partial charge in [-0.05, 0) is 46.6 Å². The molecule has 0 fully saturated rings. The van der Waals surface area contributed by atoms with Gasteiger partial charge in [0.25, 0.3) is 0 Å². The molecule has 0 saturated carbocycles. The maximum Gasteiger partial charge on any atom is 0.219 e. The molecule has 0 radical (unpaired) electrons. The molecular formula is C18H16N6S2. The Hall–Kier alpha value is -2.58. The molecular weight excluding hydrogens is 364 g/mol. The third-order valence-corrected chi connectivity index (χ3v) is 5.81. The van der Waals surface area contributed by atoms with Crippen LogP contribution in [-0.4, -0.2) is 30.4 Å². The second kappa shape index (κ2) is 7.35. The van der Waals surface area contributed by atoms with Crippen LogP contribution in [0, 0.1) is 13.8 Å². The van der Waals surface area contributed by atoms with Gasteiger partial charge in [-0.15, -0.1) is 10.2 Å². The average Bonchev–Trinajstić information content (AvgIpc) is 3.30. The fourth-order valence-corrected chi connectivity index (χ4v) is 4.03. The molecule has 2 aromatic heterocycles. The van der Waals surface area contributed by atoms with Gasteiger partial charge in [0, 0.05) is 11.1 Å². The van der Waals surface area contributed by atoms with Gasteiger partial charge in [0.2, 0.25) is 10.3 Å². The minimum atomic E-state index is 0.649. The van der Waals surface area contributed by atoms with E-state index in [2.05, 4.69) is 56.3 Å². The van der Waals surface area contributed by atoms with Crippen LogP contribution in [0.4, 0.5) is 0 Å². The number of benzene rings is 2. The Bertz CT molecular complexity index is 956. The zero-order chi connectivity index (χ0) is 17.9. The van der Waals surface area contributed by atoms with Gasteiger partial charge < -0.3 is 0 Å². The molecule has 0 aliphatic rings. The van der Waals surface area contributed by atoms with E-state index in [0.29, 0.717) is 10.3 Å². The first-order chi connectivity index (χ1) is 12.7. The van der Waals surface area contributed by atoms with Crippen LogP contribution < -0.4 is 0 Å². The number of nitrogens with zero attached hydrogens (tertiary/aromatic N) is 4. The minimum absolute atomic E-state index is 0.649. The van der Waals surface area contributed by atoms with Crippen molar-refractivity contribution in [3.8, 4) is 22.8 Å². The number of aromatic nitrogens is 6. The first-order valence-electron chi connectivity index (χ1n) is 8.02. The van der Waals surface area contributed by atoms with E-state index >= 15 is 0 Å². The molecule has 0 unspecified atom stereocenters. The topological polar surface area (TPSA) is 83.1 Å². The van der Waals surface area contributed by atoms with Crippen molar-refractivity contribution in [3.05, 3.63) is 59.7 Å². The van der Waals surface area contributed by atoms with Crippen LogP contribution in [-0.2, 0) is 0 Å². The molecule has 4 rings (SSSR count). The summed E-state index contributed by atoms with van der Waals surface area (Å²) in [5, 5.41) is 15.8. The first kappa shape index (κ1) is 16.9. The maximum atomic E-state index is 4.55. The third kappa shape index (κ3) is 3.51. The van der Waals surface area contributed by atoms with Crippen molar-refractivity contribution in [3.63, 3.8) is 0 Å². The summed E-state index contributed by atoms with van der Waals surface area (Å²) in [5.41, 5.74) is 4.42. The molecule has 26 heavy (non-hydrogen) atoms. The largest absolute Gasteiger partial charge is 0.258 e. The zero-order valence-corrected chi connectivity index (χ0v) is 15.9. The van der Waals surface area contributed by atoms with E-state index in [4.69, 9.17) is 0 Å². The summed E-state index contributed by atoms with van der Waals surface area (Å²) >= 11 is 0. The van der Waals surface area contributed by atoms with Crippen LogP contribution in [0.2, 0.25) is 0 Å². The highest BCUT2D eigenvalue weighted by Gasteiger charge is 2.12. The lowest BCUT2D eigenvalue weighted by molar-refractivity contribution is 0.973. The Kier molecular flexibility index (Phi) is 4.77. The van der Waals surface area contributed by atoms with Crippen LogP contribution in [0.15, 0.2) is 58.8 Å². The molecule has 0 amide bonds. The quantitative estimate of drug-likeness (QED) is 0.489. The Morgan fingerprint density at radius 1 is 0.654 bits per heavy atom. The predicted molar refractivity (Wildman–Crippen MR) is 105 cm³/mol. The van der Waals surface area contributed by atoms with E-state index < -0.39 is 0 Å². The van der Waals surface area contributed by atoms with Gasteiger partial charge in [-0.3, -0.25) is 10.2 Å². The van der Waals surface area contributed by atoms with Crippen molar-refractivity contribution in [2.45, 2.75) is 24.2 Å². The minimum Gasteiger partial charge on any atom is -0.258 e. The summed E-state index contributed by atoms with van der Waals surface area (Å²) in [6.07, 6.45) is 0. The Labute approximate surface area is 158 Å². The van der Waals surface area contributed by atoms with Crippen LogP contribution in [0.25, 0.3) is 22.8 Å². The van der Waals surface area contributed by atoms with E-state index in [1.54, 1.807) is 0 Å². The number of rotatable bonds is 5. The molecule has 130 valence electrons. The molecule has 0 aliphatic carbocycles. The van der Waals surface area contributed by atoms with Crippen molar-refractivity contribution in [2.75, 3.05) is 0 Å². The molecule has 2 heterocycles.